The third-order valence-corrected chi connectivity index (χ3v) is 4.39. The molecule has 1 aromatic carbocycles. The Morgan fingerprint density at radius 1 is 1.16 bits per heavy atom. The van der Waals surface area contributed by atoms with Gasteiger partial charge in [-0.2, -0.15) is 0 Å². The lowest BCUT2D eigenvalue weighted by atomic mass is 10.0. The van der Waals surface area contributed by atoms with Crippen LogP contribution in [0.25, 0.3) is 0 Å². The van der Waals surface area contributed by atoms with Crippen LogP contribution in [0.2, 0.25) is 5.02 Å². The fraction of sp³-hybridized carbons (Fsp3) is 0.571. The first kappa shape index (κ1) is 13.3. The largest absolute Gasteiger partial charge is 0.486 e. The van der Waals surface area contributed by atoms with Crippen molar-refractivity contribution >= 4 is 23.2 Å². The van der Waals surface area contributed by atoms with Crippen molar-refractivity contribution in [2.24, 2.45) is 0 Å². The quantitative estimate of drug-likeness (QED) is 0.774. The molecule has 0 saturated carbocycles. The molecule has 2 aliphatic heterocycles. The smallest absolute Gasteiger partial charge is 0.162 e. The lowest BCUT2D eigenvalue weighted by Gasteiger charge is -2.23. The molecule has 0 bridgehead atoms. The zero-order chi connectivity index (χ0) is 13.4. The van der Waals surface area contributed by atoms with Crippen LogP contribution >= 0.6 is 23.2 Å². The predicted molar refractivity (Wildman–Crippen MR) is 74.6 cm³/mol. The molecule has 0 aliphatic carbocycles. The molecule has 104 valence electrons. The van der Waals surface area contributed by atoms with Gasteiger partial charge in [0, 0.05) is 11.1 Å². The van der Waals surface area contributed by atoms with Gasteiger partial charge in [-0.25, -0.2) is 0 Å². The molecule has 1 fully saturated rings. The highest BCUT2D eigenvalue weighted by molar-refractivity contribution is 6.33. The maximum Gasteiger partial charge on any atom is 0.162 e. The molecule has 1 saturated heterocycles. The Bertz CT molecular complexity index is 478. The minimum Gasteiger partial charge on any atom is -0.486 e. The van der Waals surface area contributed by atoms with Gasteiger partial charge in [-0.3, -0.25) is 0 Å². The molecule has 3 rings (SSSR count). The molecule has 2 aliphatic rings. The number of fused-ring (bicyclic) bond motifs is 1. The van der Waals surface area contributed by atoms with E-state index in [1.807, 2.05) is 6.07 Å². The van der Waals surface area contributed by atoms with Crippen LogP contribution in [0.3, 0.4) is 0 Å². The second kappa shape index (κ2) is 5.39. The van der Waals surface area contributed by atoms with Crippen LogP contribution in [0.4, 0.5) is 0 Å². The van der Waals surface area contributed by atoms with Gasteiger partial charge in [-0.05, 0) is 31.4 Å². The standard InChI is InChI=1S/C14H16Cl2O3/c1-8-2-3-11(19-8)14(16)9-6-12-13(7-10(9)15)18-5-4-17-12/h6-8,11,14H,2-5H2,1H3. The van der Waals surface area contributed by atoms with Gasteiger partial charge in [0.2, 0.25) is 0 Å². The fourth-order valence-corrected chi connectivity index (χ4v) is 3.23. The molecule has 19 heavy (non-hydrogen) atoms. The third-order valence-electron chi connectivity index (χ3n) is 3.55. The molecule has 0 N–H and O–H groups in total. The Hall–Kier alpha value is -0.640. The highest BCUT2D eigenvalue weighted by atomic mass is 35.5. The van der Waals surface area contributed by atoms with Crippen molar-refractivity contribution in [3.8, 4) is 11.5 Å². The van der Waals surface area contributed by atoms with Gasteiger partial charge >= 0.3 is 0 Å². The van der Waals surface area contributed by atoms with Crippen LogP contribution in [-0.4, -0.2) is 25.4 Å². The van der Waals surface area contributed by atoms with E-state index in [1.54, 1.807) is 6.07 Å². The summed E-state index contributed by atoms with van der Waals surface area (Å²) in [5, 5.41) is 0.348. The summed E-state index contributed by atoms with van der Waals surface area (Å²) < 4.78 is 16.9. The number of rotatable bonds is 2. The minimum absolute atomic E-state index is 0.0109. The van der Waals surface area contributed by atoms with Gasteiger partial charge in [-0.1, -0.05) is 11.6 Å². The highest BCUT2D eigenvalue weighted by Crippen LogP contribution is 2.43. The first-order valence-electron chi connectivity index (χ1n) is 6.53. The van der Waals surface area contributed by atoms with Crippen LogP contribution in [0.15, 0.2) is 12.1 Å². The Morgan fingerprint density at radius 2 is 1.84 bits per heavy atom. The predicted octanol–water partition coefficient (Wildman–Crippen LogP) is 3.96. The summed E-state index contributed by atoms with van der Waals surface area (Å²) in [5.74, 6) is 1.40. The second-order valence-electron chi connectivity index (χ2n) is 4.98. The molecule has 0 amide bonds. The summed E-state index contributed by atoms with van der Waals surface area (Å²) in [4.78, 5) is 0. The van der Waals surface area contributed by atoms with Crippen molar-refractivity contribution in [1.29, 1.82) is 0 Å². The SMILES string of the molecule is CC1CCC(C(Cl)c2cc3c(cc2Cl)OCCO3)O1. The summed E-state index contributed by atoms with van der Waals surface area (Å²) in [6.45, 7) is 3.17. The first-order valence-corrected chi connectivity index (χ1v) is 7.35. The molecule has 2 heterocycles. The minimum atomic E-state index is -0.256. The van der Waals surface area contributed by atoms with Gasteiger partial charge < -0.3 is 14.2 Å². The van der Waals surface area contributed by atoms with Crippen LogP contribution < -0.4 is 9.47 Å². The summed E-state index contributed by atoms with van der Waals surface area (Å²) in [7, 11) is 0. The summed E-state index contributed by atoms with van der Waals surface area (Å²) >= 11 is 12.8. The number of halogens is 2. The van der Waals surface area contributed by atoms with E-state index in [1.165, 1.54) is 0 Å². The van der Waals surface area contributed by atoms with Crippen molar-refractivity contribution in [1.82, 2.24) is 0 Å². The van der Waals surface area contributed by atoms with Crippen molar-refractivity contribution in [2.75, 3.05) is 13.2 Å². The number of benzene rings is 1. The lowest BCUT2D eigenvalue weighted by Crippen LogP contribution is -2.18. The molecule has 0 radical (unpaired) electrons. The van der Waals surface area contributed by atoms with E-state index in [0.717, 1.165) is 18.4 Å². The highest BCUT2D eigenvalue weighted by Gasteiger charge is 2.31. The van der Waals surface area contributed by atoms with Crippen LogP contribution in [0.5, 0.6) is 11.5 Å². The molecule has 3 nitrogen and oxygen atoms in total. The Morgan fingerprint density at radius 3 is 2.47 bits per heavy atom. The Kier molecular flexibility index (Phi) is 3.79. The lowest BCUT2D eigenvalue weighted by molar-refractivity contribution is 0.0532. The van der Waals surface area contributed by atoms with E-state index in [2.05, 4.69) is 6.92 Å². The van der Waals surface area contributed by atoms with Gasteiger partial charge in [0.15, 0.2) is 11.5 Å². The summed E-state index contributed by atoms with van der Waals surface area (Å²) in [5.41, 5.74) is 0.853. The average Bonchev–Trinajstić information content (AvgIpc) is 2.84. The molecule has 5 heteroatoms. The van der Waals surface area contributed by atoms with E-state index in [9.17, 15) is 0 Å². The van der Waals surface area contributed by atoms with Crippen molar-refractivity contribution < 1.29 is 14.2 Å². The third kappa shape index (κ3) is 2.64. The normalized spacial score (nSPS) is 27.3. The van der Waals surface area contributed by atoms with Gasteiger partial charge in [0.05, 0.1) is 17.6 Å². The van der Waals surface area contributed by atoms with Gasteiger partial charge in [0.25, 0.3) is 0 Å². The second-order valence-corrected chi connectivity index (χ2v) is 5.86. The fourth-order valence-electron chi connectivity index (χ4n) is 2.54. The maximum atomic E-state index is 6.52. The maximum absolute atomic E-state index is 6.52. The molecular weight excluding hydrogens is 287 g/mol. The number of alkyl halides is 1. The van der Waals surface area contributed by atoms with Gasteiger partial charge in [-0.15, -0.1) is 11.6 Å². The summed E-state index contributed by atoms with van der Waals surface area (Å²) in [6.07, 6.45) is 2.27. The summed E-state index contributed by atoms with van der Waals surface area (Å²) in [6, 6.07) is 3.65. The topological polar surface area (TPSA) is 27.7 Å². The van der Waals surface area contributed by atoms with E-state index in [0.29, 0.717) is 29.7 Å². The molecule has 0 spiro atoms. The first-order chi connectivity index (χ1) is 9.15. The van der Waals surface area contributed by atoms with E-state index < -0.39 is 0 Å². The van der Waals surface area contributed by atoms with Crippen LogP contribution in [0, 0.1) is 0 Å². The number of ether oxygens (including phenoxy) is 3. The van der Waals surface area contributed by atoms with Gasteiger partial charge in [0.1, 0.15) is 13.2 Å². The van der Waals surface area contributed by atoms with Crippen molar-refractivity contribution in [2.45, 2.75) is 37.4 Å². The average molecular weight is 303 g/mol. The van der Waals surface area contributed by atoms with E-state index in [-0.39, 0.29) is 17.6 Å². The molecule has 3 unspecified atom stereocenters. The van der Waals surface area contributed by atoms with E-state index >= 15 is 0 Å². The van der Waals surface area contributed by atoms with Crippen molar-refractivity contribution in [3.05, 3.63) is 22.7 Å². The molecule has 0 aromatic heterocycles. The van der Waals surface area contributed by atoms with Crippen molar-refractivity contribution in [3.63, 3.8) is 0 Å². The number of hydrogen-bond acceptors (Lipinski definition) is 3. The molecule has 1 aromatic rings. The van der Waals surface area contributed by atoms with Crippen LogP contribution in [-0.2, 0) is 4.74 Å². The molecular formula is C14H16Cl2O3. The Labute approximate surface area is 122 Å². The Balaban J connectivity index is 1.87. The van der Waals surface area contributed by atoms with Crippen LogP contribution in [0.1, 0.15) is 30.7 Å². The zero-order valence-electron chi connectivity index (χ0n) is 10.7. The monoisotopic (exact) mass is 302 g/mol. The number of hydrogen-bond donors (Lipinski definition) is 0. The van der Waals surface area contributed by atoms with E-state index in [4.69, 9.17) is 37.4 Å². The zero-order valence-corrected chi connectivity index (χ0v) is 12.2. The molecule has 3 atom stereocenters.